The lowest BCUT2D eigenvalue weighted by atomic mass is 10.1. The molecule has 0 radical (unpaired) electrons. The van der Waals surface area contributed by atoms with Crippen LogP contribution in [0.5, 0.6) is 5.75 Å². The van der Waals surface area contributed by atoms with Gasteiger partial charge in [-0.2, -0.15) is 9.98 Å². The topological polar surface area (TPSA) is 158 Å². The fourth-order valence-corrected chi connectivity index (χ4v) is 2.29. The van der Waals surface area contributed by atoms with Crippen molar-refractivity contribution in [3.05, 3.63) is 29.3 Å². The van der Waals surface area contributed by atoms with Gasteiger partial charge >= 0.3 is 5.97 Å². The molecule has 0 aromatic heterocycles. The molecule has 1 aromatic rings. The smallest absolute Gasteiger partial charge is 0.339 e. The van der Waals surface area contributed by atoms with Crippen molar-refractivity contribution >= 4 is 35.8 Å². The van der Waals surface area contributed by atoms with Crippen LogP contribution in [0.1, 0.15) is 20.7 Å². The predicted molar refractivity (Wildman–Crippen MR) is 82.4 cm³/mol. The minimum absolute atomic E-state index is 0.0893. The standard InChI is InChI=1S/C14H11N5O5/c15-14-17-11-10(12(22)18-14)16-5-19(11)4-9(21)6-1-2-8(20)7(3-6)13(23)24/h1-3,5,10,20H,4H2,(H,23,24)(H2,15,18,22). The number of nitrogens with two attached hydrogens (primary N) is 1. The van der Waals surface area contributed by atoms with Gasteiger partial charge in [0, 0.05) is 5.56 Å². The molecule has 2 aliphatic heterocycles. The van der Waals surface area contributed by atoms with E-state index in [0.717, 1.165) is 12.1 Å². The van der Waals surface area contributed by atoms with Gasteiger partial charge in [-0.25, -0.2) is 4.79 Å². The van der Waals surface area contributed by atoms with Gasteiger partial charge in [0.1, 0.15) is 17.1 Å². The van der Waals surface area contributed by atoms with E-state index in [-0.39, 0.29) is 29.5 Å². The van der Waals surface area contributed by atoms with E-state index in [1.54, 1.807) is 0 Å². The Kier molecular flexibility index (Phi) is 3.56. The first-order valence-electron chi connectivity index (χ1n) is 6.73. The Hall–Kier alpha value is -3.56. The first-order chi connectivity index (χ1) is 11.4. The van der Waals surface area contributed by atoms with E-state index in [2.05, 4.69) is 15.0 Å². The number of carboxylic acids is 1. The van der Waals surface area contributed by atoms with Crippen LogP contribution < -0.4 is 5.73 Å². The maximum Gasteiger partial charge on any atom is 0.339 e. The largest absolute Gasteiger partial charge is 0.507 e. The molecule has 0 spiro atoms. The SMILES string of the molecule is NC1=NC(=O)C2N=CN(CC(=O)c3ccc(O)c(C(=O)O)c3)C2=N1. The van der Waals surface area contributed by atoms with Crippen LogP contribution in [-0.2, 0) is 4.79 Å². The fourth-order valence-electron chi connectivity index (χ4n) is 2.29. The molecule has 10 nitrogen and oxygen atoms in total. The summed E-state index contributed by atoms with van der Waals surface area (Å²) in [6.45, 7) is -0.219. The molecule has 0 bridgehead atoms. The molecule has 0 aliphatic carbocycles. The Morgan fingerprint density at radius 1 is 1.29 bits per heavy atom. The van der Waals surface area contributed by atoms with Gasteiger partial charge in [0.2, 0.25) is 5.96 Å². The van der Waals surface area contributed by atoms with Crippen LogP contribution in [0.3, 0.4) is 0 Å². The zero-order valence-corrected chi connectivity index (χ0v) is 12.1. The molecule has 0 fully saturated rings. The van der Waals surface area contributed by atoms with Crippen LogP contribution in [0.25, 0.3) is 0 Å². The molecule has 10 heteroatoms. The lowest BCUT2D eigenvalue weighted by molar-refractivity contribution is -0.117. The summed E-state index contributed by atoms with van der Waals surface area (Å²) in [4.78, 5) is 47.7. The van der Waals surface area contributed by atoms with Crippen LogP contribution >= 0.6 is 0 Å². The molecular weight excluding hydrogens is 318 g/mol. The molecule has 0 saturated heterocycles. The molecule has 122 valence electrons. The molecule has 1 unspecified atom stereocenters. The number of hydrogen-bond donors (Lipinski definition) is 3. The number of aromatic hydroxyl groups is 1. The number of carbonyl (C=O) groups is 3. The number of aliphatic imine (C=N–C) groups is 3. The van der Waals surface area contributed by atoms with Crippen LogP contribution in [0.4, 0.5) is 0 Å². The minimum Gasteiger partial charge on any atom is -0.507 e. The number of nitrogens with zero attached hydrogens (tertiary/aromatic N) is 4. The number of rotatable bonds is 4. The number of aromatic carboxylic acids is 1. The first kappa shape index (κ1) is 15.3. The van der Waals surface area contributed by atoms with Gasteiger partial charge in [0.25, 0.3) is 5.91 Å². The number of phenols is 1. The lowest BCUT2D eigenvalue weighted by Gasteiger charge is -2.19. The summed E-state index contributed by atoms with van der Waals surface area (Å²) in [5.74, 6) is -2.82. The van der Waals surface area contributed by atoms with Crippen molar-refractivity contribution in [1.82, 2.24) is 4.90 Å². The summed E-state index contributed by atoms with van der Waals surface area (Å²) in [6.07, 6.45) is 1.28. The van der Waals surface area contributed by atoms with Gasteiger partial charge in [-0.1, -0.05) is 0 Å². The second-order valence-corrected chi connectivity index (χ2v) is 5.03. The van der Waals surface area contributed by atoms with Crippen molar-refractivity contribution < 1.29 is 24.6 Å². The van der Waals surface area contributed by atoms with E-state index in [1.807, 2.05) is 0 Å². The Balaban J connectivity index is 1.82. The number of carbonyl (C=O) groups excluding carboxylic acids is 2. The van der Waals surface area contributed by atoms with Crippen LogP contribution in [0, 0.1) is 0 Å². The number of guanidine groups is 1. The summed E-state index contributed by atoms with van der Waals surface area (Å²) in [5.41, 5.74) is 5.15. The highest BCUT2D eigenvalue weighted by Crippen LogP contribution is 2.20. The molecule has 1 atom stereocenters. The zero-order valence-electron chi connectivity index (χ0n) is 12.1. The van der Waals surface area contributed by atoms with Crippen LogP contribution in [-0.4, -0.2) is 63.5 Å². The average Bonchev–Trinajstić information content (AvgIpc) is 2.90. The Labute approximate surface area is 134 Å². The van der Waals surface area contributed by atoms with Crippen molar-refractivity contribution in [3.8, 4) is 5.75 Å². The Morgan fingerprint density at radius 2 is 2.04 bits per heavy atom. The van der Waals surface area contributed by atoms with Crippen molar-refractivity contribution in [1.29, 1.82) is 0 Å². The van der Waals surface area contributed by atoms with Gasteiger partial charge in [0.15, 0.2) is 11.8 Å². The predicted octanol–water partition coefficient (Wildman–Crippen LogP) is -0.761. The number of carboxylic acid groups (broad SMARTS) is 1. The van der Waals surface area contributed by atoms with Gasteiger partial charge < -0.3 is 20.8 Å². The fraction of sp³-hybridized carbons (Fsp3) is 0.143. The van der Waals surface area contributed by atoms with E-state index in [1.165, 1.54) is 17.3 Å². The van der Waals surface area contributed by atoms with E-state index < -0.39 is 29.5 Å². The van der Waals surface area contributed by atoms with Crippen LogP contribution in [0.2, 0.25) is 0 Å². The molecule has 4 N–H and O–H groups in total. The number of fused-ring (bicyclic) bond motifs is 1. The van der Waals surface area contributed by atoms with Crippen molar-refractivity contribution in [2.75, 3.05) is 6.54 Å². The Morgan fingerprint density at radius 3 is 2.75 bits per heavy atom. The number of Topliss-reactive ketones (excluding diaryl/α,β-unsaturated/α-hetero) is 1. The Bertz CT molecular complexity index is 857. The summed E-state index contributed by atoms with van der Waals surface area (Å²) in [7, 11) is 0. The zero-order chi connectivity index (χ0) is 17.4. The highest BCUT2D eigenvalue weighted by atomic mass is 16.4. The molecular formula is C14H11N5O5. The monoisotopic (exact) mass is 329 g/mol. The normalized spacial score (nSPS) is 18.9. The highest BCUT2D eigenvalue weighted by Gasteiger charge is 2.36. The molecule has 1 aromatic carbocycles. The third-order valence-corrected chi connectivity index (χ3v) is 3.44. The second-order valence-electron chi connectivity index (χ2n) is 5.03. The highest BCUT2D eigenvalue weighted by molar-refractivity contribution is 6.22. The van der Waals surface area contributed by atoms with Crippen molar-refractivity contribution in [3.63, 3.8) is 0 Å². The molecule has 2 aliphatic rings. The number of amides is 1. The minimum atomic E-state index is -1.35. The number of benzene rings is 1. The molecule has 2 heterocycles. The molecule has 1 amide bonds. The maximum atomic E-state index is 12.3. The van der Waals surface area contributed by atoms with Gasteiger partial charge in [-0.3, -0.25) is 14.6 Å². The summed E-state index contributed by atoms with van der Waals surface area (Å²) in [6, 6.07) is 2.59. The molecule has 0 saturated carbocycles. The number of hydrogen-bond acceptors (Lipinski definition) is 8. The quantitative estimate of drug-likeness (QED) is 0.612. The molecule has 24 heavy (non-hydrogen) atoms. The van der Waals surface area contributed by atoms with E-state index in [9.17, 15) is 19.5 Å². The number of amidine groups is 1. The first-order valence-corrected chi connectivity index (χ1v) is 6.73. The van der Waals surface area contributed by atoms with Gasteiger partial charge in [-0.05, 0) is 18.2 Å². The van der Waals surface area contributed by atoms with Gasteiger partial charge in [-0.15, -0.1) is 0 Å². The van der Waals surface area contributed by atoms with E-state index in [4.69, 9.17) is 10.8 Å². The van der Waals surface area contributed by atoms with E-state index in [0.29, 0.717) is 0 Å². The summed E-state index contributed by atoms with van der Waals surface area (Å²) in [5, 5.41) is 18.5. The third-order valence-electron chi connectivity index (χ3n) is 3.44. The summed E-state index contributed by atoms with van der Waals surface area (Å²) >= 11 is 0. The number of ketones is 1. The maximum absolute atomic E-state index is 12.3. The van der Waals surface area contributed by atoms with Gasteiger partial charge in [0.05, 0.1) is 12.9 Å². The summed E-state index contributed by atoms with van der Waals surface area (Å²) < 4.78 is 0. The average molecular weight is 329 g/mol. The second kappa shape index (κ2) is 5.57. The van der Waals surface area contributed by atoms with Crippen molar-refractivity contribution in [2.24, 2.45) is 20.7 Å². The lowest BCUT2D eigenvalue weighted by Crippen LogP contribution is -2.42. The van der Waals surface area contributed by atoms with E-state index >= 15 is 0 Å². The van der Waals surface area contributed by atoms with Crippen LogP contribution in [0.15, 0.2) is 33.2 Å². The molecule has 3 rings (SSSR count). The third kappa shape index (κ3) is 2.60. The van der Waals surface area contributed by atoms with Crippen molar-refractivity contribution in [2.45, 2.75) is 6.04 Å².